The highest BCUT2D eigenvalue weighted by Gasteiger charge is 2.20. The van der Waals surface area contributed by atoms with Gasteiger partial charge in [0.1, 0.15) is 0 Å². The minimum Gasteiger partial charge on any atom is -0.493 e. The Morgan fingerprint density at radius 1 is 0.971 bits per heavy atom. The van der Waals surface area contributed by atoms with Gasteiger partial charge in [-0.25, -0.2) is 4.98 Å². The van der Waals surface area contributed by atoms with E-state index in [2.05, 4.69) is 15.2 Å². The molecule has 0 saturated carbocycles. The van der Waals surface area contributed by atoms with Crippen LogP contribution < -0.4 is 14.8 Å². The SMILES string of the molecule is COc1ccc([C@@H](CNC(=O)c2cc(-c3ccncc3)nc3ccccc23)N(C)C)cc1OC. The van der Waals surface area contributed by atoms with Gasteiger partial charge in [0, 0.05) is 29.9 Å². The number of aromatic nitrogens is 2. The summed E-state index contributed by atoms with van der Waals surface area (Å²) in [7, 11) is 7.19. The maximum absolute atomic E-state index is 13.4. The van der Waals surface area contributed by atoms with Crippen LogP contribution in [0, 0.1) is 0 Å². The van der Waals surface area contributed by atoms with Gasteiger partial charge in [0.05, 0.1) is 37.0 Å². The fourth-order valence-electron chi connectivity index (χ4n) is 3.98. The van der Waals surface area contributed by atoms with Crippen LogP contribution in [0.3, 0.4) is 0 Å². The van der Waals surface area contributed by atoms with Gasteiger partial charge in [-0.1, -0.05) is 24.3 Å². The number of nitrogens with one attached hydrogen (secondary N) is 1. The van der Waals surface area contributed by atoms with Gasteiger partial charge in [0.2, 0.25) is 0 Å². The zero-order valence-electron chi connectivity index (χ0n) is 19.8. The molecule has 7 nitrogen and oxygen atoms in total. The van der Waals surface area contributed by atoms with Gasteiger partial charge in [0.25, 0.3) is 5.91 Å². The van der Waals surface area contributed by atoms with Crippen molar-refractivity contribution >= 4 is 16.8 Å². The lowest BCUT2D eigenvalue weighted by molar-refractivity contribution is 0.0943. The highest BCUT2D eigenvalue weighted by molar-refractivity contribution is 6.07. The number of carbonyl (C=O) groups is 1. The van der Waals surface area contributed by atoms with Crippen molar-refractivity contribution in [3.63, 3.8) is 0 Å². The Bertz CT molecular complexity index is 1290. The number of rotatable bonds is 8. The van der Waals surface area contributed by atoms with Crippen molar-refractivity contribution in [3.05, 3.63) is 84.2 Å². The first-order valence-electron chi connectivity index (χ1n) is 11.0. The molecule has 34 heavy (non-hydrogen) atoms. The molecule has 2 aromatic carbocycles. The fraction of sp³-hybridized carbons (Fsp3) is 0.222. The topological polar surface area (TPSA) is 76.6 Å². The first-order chi connectivity index (χ1) is 16.5. The minimum absolute atomic E-state index is 0.0588. The molecule has 7 heteroatoms. The maximum atomic E-state index is 13.4. The van der Waals surface area contributed by atoms with Crippen LogP contribution in [0.1, 0.15) is 22.0 Å². The summed E-state index contributed by atoms with van der Waals surface area (Å²) in [5.41, 5.74) is 4.01. The average molecular weight is 457 g/mol. The van der Waals surface area contributed by atoms with E-state index in [4.69, 9.17) is 14.5 Å². The maximum Gasteiger partial charge on any atom is 0.252 e. The summed E-state index contributed by atoms with van der Waals surface area (Å²) in [6, 6.07) is 19.0. The van der Waals surface area contributed by atoms with Crippen LogP contribution in [0.2, 0.25) is 0 Å². The predicted octanol–water partition coefficient (Wildman–Crippen LogP) is 4.35. The predicted molar refractivity (Wildman–Crippen MR) is 133 cm³/mol. The third-order valence-electron chi connectivity index (χ3n) is 5.81. The van der Waals surface area contributed by atoms with E-state index in [0.717, 1.165) is 27.7 Å². The minimum atomic E-state index is -0.152. The molecular weight excluding hydrogens is 428 g/mol. The van der Waals surface area contributed by atoms with Crippen molar-refractivity contribution in [3.8, 4) is 22.8 Å². The molecule has 0 aliphatic heterocycles. The van der Waals surface area contributed by atoms with Crippen molar-refractivity contribution in [1.82, 2.24) is 20.2 Å². The number of para-hydroxylation sites is 1. The van der Waals surface area contributed by atoms with Gasteiger partial charge >= 0.3 is 0 Å². The third kappa shape index (κ3) is 4.84. The van der Waals surface area contributed by atoms with E-state index in [1.54, 1.807) is 26.6 Å². The van der Waals surface area contributed by atoms with Crippen molar-refractivity contribution in [2.45, 2.75) is 6.04 Å². The molecule has 0 saturated heterocycles. The number of hydrogen-bond acceptors (Lipinski definition) is 6. The molecule has 0 bridgehead atoms. The van der Waals surface area contributed by atoms with Crippen molar-refractivity contribution in [2.75, 3.05) is 34.9 Å². The quantitative estimate of drug-likeness (QED) is 0.425. The average Bonchev–Trinajstić information content (AvgIpc) is 2.88. The summed E-state index contributed by atoms with van der Waals surface area (Å²) < 4.78 is 10.8. The second kappa shape index (κ2) is 10.3. The fourth-order valence-corrected chi connectivity index (χ4v) is 3.98. The Kier molecular flexibility index (Phi) is 7.04. The highest BCUT2D eigenvalue weighted by atomic mass is 16.5. The molecule has 0 unspecified atom stereocenters. The van der Waals surface area contributed by atoms with Crippen molar-refractivity contribution in [1.29, 1.82) is 0 Å². The summed E-state index contributed by atoms with van der Waals surface area (Å²) >= 11 is 0. The van der Waals surface area contributed by atoms with E-state index < -0.39 is 0 Å². The number of likely N-dealkylation sites (N-methyl/N-ethyl adjacent to an activating group) is 1. The van der Waals surface area contributed by atoms with E-state index >= 15 is 0 Å². The van der Waals surface area contributed by atoms with Crippen molar-refractivity contribution < 1.29 is 14.3 Å². The van der Waals surface area contributed by atoms with Gasteiger partial charge in [-0.3, -0.25) is 9.78 Å². The molecule has 4 rings (SSSR count). The highest BCUT2D eigenvalue weighted by Crippen LogP contribution is 2.31. The van der Waals surface area contributed by atoms with E-state index in [1.165, 1.54) is 0 Å². The van der Waals surface area contributed by atoms with Crippen LogP contribution in [0.15, 0.2) is 73.1 Å². The van der Waals surface area contributed by atoms with Crippen LogP contribution in [0.4, 0.5) is 0 Å². The Balaban J connectivity index is 1.63. The Hall–Kier alpha value is -3.97. The lowest BCUT2D eigenvalue weighted by Gasteiger charge is -2.26. The molecule has 0 aliphatic rings. The number of methoxy groups -OCH3 is 2. The van der Waals surface area contributed by atoms with Crippen LogP contribution >= 0.6 is 0 Å². The lowest BCUT2D eigenvalue weighted by atomic mass is 10.0. The molecule has 0 spiro atoms. The molecule has 1 N–H and O–H groups in total. The number of hydrogen-bond donors (Lipinski definition) is 1. The number of nitrogens with zero attached hydrogens (tertiary/aromatic N) is 3. The van der Waals surface area contributed by atoms with Crippen LogP contribution in [-0.4, -0.2) is 55.6 Å². The molecule has 0 aliphatic carbocycles. The van der Waals surface area contributed by atoms with E-state index in [9.17, 15) is 4.79 Å². The summed E-state index contributed by atoms with van der Waals surface area (Å²) in [6.07, 6.45) is 3.44. The smallest absolute Gasteiger partial charge is 0.252 e. The number of carbonyl (C=O) groups excluding carboxylic acids is 1. The monoisotopic (exact) mass is 456 g/mol. The van der Waals surface area contributed by atoms with E-state index in [-0.39, 0.29) is 11.9 Å². The van der Waals surface area contributed by atoms with E-state index in [0.29, 0.717) is 23.6 Å². The zero-order valence-corrected chi connectivity index (χ0v) is 19.8. The number of amides is 1. The summed E-state index contributed by atoms with van der Waals surface area (Å²) in [5.74, 6) is 1.17. The number of pyridine rings is 2. The normalized spacial score (nSPS) is 11.9. The summed E-state index contributed by atoms with van der Waals surface area (Å²) in [4.78, 5) is 24.3. The molecular formula is C27H28N4O3. The standard InChI is InChI=1S/C27H28N4O3/c1-31(2)24(19-9-10-25(33-3)26(15-19)34-4)17-29-27(32)21-16-23(18-11-13-28-14-12-18)30-22-8-6-5-7-20(21)22/h5-16,24H,17H2,1-4H3,(H,29,32)/t24-/m1/s1. The van der Waals surface area contributed by atoms with Gasteiger partial charge in [-0.05, 0) is 56.1 Å². The molecule has 1 amide bonds. The van der Waals surface area contributed by atoms with Gasteiger partial charge < -0.3 is 19.7 Å². The van der Waals surface area contributed by atoms with Gasteiger partial charge in [0.15, 0.2) is 11.5 Å². The third-order valence-corrected chi connectivity index (χ3v) is 5.81. The zero-order chi connectivity index (χ0) is 24.1. The molecule has 174 valence electrons. The Labute approximate surface area is 199 Å². The molecule has 1 atom stereocenters. The summed E-state index contributed by atoms with van der Waals surface area (Å²) in [5, 5.41) is 3.93. The second-order valence-corrected chi connectivity index (χ2v) is 8.11. The van der Waals surface area contributed by atoms with Crippen molar-refractivity contribution in [2.24, 2.45) is 0 Å². The molecule has 2 aromatic heterocycles. The lowest BCUT2D eigenvalue weighted by Crippen LogP contribution is -2.34. The summed E-state index contributed by atoms with van der Waals surface area (Å²) in [6.45, 7) is 0.419. The first-order valence-corrected chi connectivity index (χ1v) is 11.0. The molecule has 4 aromatic rings. The van der Waals surface area contributed by atoms with E-state index in [1.807, 2.05) is 74.8 Å². The largest absolute Gasteiger partial charge is 0.493 e. The number of ether oxygens (including phenoxy) is 2. The van der Waals surface area contributed by atoms with Crippen LogP contribution in [-0.2, 0) is 0 Å². The van der Waals surface area contributed by atoms with Gasteiger partial charge in [-0.15, -0.1) is 0 Å². The molecule has 0 fully saturated rings. The molecule has 0 radical (unpaired) electrons. The Morgan fingerprint density at radius 2 is 1.71 bits per heavy atom. The van der Waals surface area contributed by atoms with Crippen LogP contribution in [0.25, 0.3) is 22.2 Å². The first kappa shape index (κ1) is 23.2. The second-order valence-electron chi connectivity index (χ2n) is 8.11. The number of fused-ring (bicyclic) bond motifs is 1. The number of benzene rings is 2. The van der Waals surface area contributed by atoms with Gasteiger partial charge in [-0.2, -0.15) is 0 Å². The Morgan fingerprint density at radius 3 is 2.41 bits per heavy atom. The molecule has 2 heterocycles. The van der Waals surface area contributed by atoms with Crippen LogP contribution in [0.5, 0.6) is 11.5 Å².